The van der Waals surface area contributed by atoms with E-state index in [0.29, 0.717) is 22.4 Å². The number of carbonyl (C=O) groups excluding carboxylic acids is 1. The second-order valence-electron chi connectivity index (χ2n) is 8.48. The number of rotatable bonds is 3. The van der Waals surface area contributed by atoms with Gasteiger partial charge in [-0.3, -0.25) is 14.8 Å². The van der Waals surface area contributed by atoms with Gasteiger partial charge in [0.15, 0.2) is 6.17 Å². The van der Waals surface area contributed by atoms with E-state index in [9.17, 15) is 9.18 Å². The first-order valence-corrected chi connectivity index (χ1v) is 11.3. The number of benzene rings is 2. The van der Waals surface area contributed by atoms with E-state index in [0.717, 1.165) is 0 Å². The average molecular weight is 484 g/mol. The Morgan fingerprint density at radius 2 is 1.94 bits per heavy atom. The van der Waals surface area contributed by atoms with Crippen LogP contribution < -0.4 is 5.32 Å². The molecule has 4 heterocycles. The Bertz CT molecular complexity index is 1550. The van der Waals surface area contributed by atoms with Crippen molar-refractivity contribution in [1.82, 2.24) is 15.0 Å². The third-order valence-corrected chi connectivity index (χ3v) is 6.10. The molecule has 1 aromatic heterocycles. The van der Waals surface area contributed by atoms with E-state index in [-0.39, 0.29) is 23.1 Å². The number of anilines is 1. The highest BCUT2D eigenvalue weighted by Gasteiger charge is 2.44. The SMILES string of the molecule is [2H]C1=C2N=CC=CN2N([C@@H]2N=C(c3ccccc3)c3cccc(F)c3NC2=O)C1c1cc(C)cnc1F. The maximum absolute atomic E-state index is 15.1. The molecule has 0 saturated heterocycles. The number of carbonyl (C=O) groups is 1. The number of halogens is 2. The van der Waals surface area contributed by atoms with Crippen LogP contribution in [0.1, 0.15) is 29.7 Å². The second kappa shape index (κ2) is 8.62. The number of para-hydroxylation sites is 1. The molecule has 36 heavy (non-hydrogen) atoms. The van der Waals surface area contributed by atoms with Crippen LogP contribution in [0.15, 0.2) is 94.9 Å². The van der Waals surface area contributed by atoms with E-state index < -0.39 is 29.9 Å². The molecule has 1 unspecified atom stereocenters. The van der Waals surface area contributed by atoms with Crippen LogP contribution in [0, 0.1) is 18.7 Å². The van der Waals surface area contributed by atoms with Crippen molar-refractivity contribution in [2.24, 2.45) is 9.98 Å². The number of amides is 1. The third-order valence-electron chi connectivity index (χ3n) is 6.10. The number of allylic oxidation sites excluding steroid dienone is 1. The maximum Gasteiger partial charge on any atom is 0.266 e. The van der Waals surface area contributed by atoms with Crippen molar-refractivity contribution in [3.05, 3.63) is 119 Å². The molecule has 178 valence electrons. The van der Waals surface area contributed by atoms with Gasteiger partial charge in [-0.05, 0) is 36.7 Å². The highest BCUT2D eigenvalue weighted by Crippen LogP contribution is 2.40. The minimum absolute atomic E-state index is 0.00300. The van der Waals surface area contributed by atoms with Crippen LogP contribution in [0.3, 0.4) is 0 Å². The quantitative estimate of drug-likeness (QED) is 0.557. The number of benzodiazepines with no additional fused rings is 1. The highest BCUT2D eigenvalue weighted by atomic mass is 19.1. The number of nitrogens with one attached hydrogen (secondary N) is 1. The van der Waals surface area contributed by atoms with Gasteiger partial charge in [0.05, 0.1) is 18.8 Å². The van der Waals surface area contributed by atoms with Crippen LogP contribution in [0.4, 0.5) is 14.5 Å². The molecule has 0 fully saturated rings. The summed E-state index contributed by atoms with van der Waals surface area (Å²) in [5, 5.41) is 5.67. The van der Waals surface area contributed by atoms with Gasteiger partial charge in [0.1, 0.15) is 11.6 Å². The van der Waals surface area contributed by atoms with Gasteiger partial charge in [-0.25, -0.2) is 14.4 Å². The van der Waals surface area contributed by atoms with Crippen LogP contribution in [-0.2, 0) is 4.79 Å². The van der Waals surface area contributed by atoms with Gasteiger partial charge >= 0.3 is 0 Å². The molecule has 1 amide bonds. The molecule has 2 atom stereocenters. The lowest BCUT2D eigenvalue weighted by molar-refractivity contribution is -0.126. The van der Waals surface area contributed by atoms with E-state index in [4.69, 9.17) is 6.36 Å². The molecule has 0 radical (unpaired) electrons. The summed E-state index contributed by atoms with van der Waals surface area (Å²) in [4.78, 5) is 26.7. The number of pyridine rings is 1. The molecule has 6 rings (SSSR count). The number of hydrogen-bond donors (Lipinski definition) is 1. The van der Waals surface area contributed by atoms with Crippen molar-refractivity contribution in [1.29, 1.82) is 0 Å². The van der Waals surface area contributed by atoms with Crippen molar-refractivity contribution in [2.45, 2.75) is 19.1 Å². The van der Waals surface area contributed by atoms with Gasteiger partial charge in [-0.1, -0.05) is 42.5 Å². The van der Waals surface area contributed by atoms with Gasteiger partial charge in [0.25, 0.3) is 5.91 Å². The van der Waals surface area contributed by atoms with Crippen molar-refractivity contribution in [2.75, 3.05) is 5.32 Å². The minimum Gasteiger partial charge on any atom is -0.320 e. The Hall–Kier alpha value is -4.50. The lowest BCUT2D eigenvalue weighted by atomic mass is 10.0. The molecule has 1 N–H and O–H groups in total. The van der Waals surface area contributed by atoms with Gasteiger partial charge in [-0.15, -0.1) is 0 Å². The van der Waals surface area contributed by atoms with E-state index in [2.05, 4.69) is 15.3 Å². The predicted molar refractivity (Wildman–Crippen MR) is 132 cm³/mol. The molecule has 7 nitrogen and oxygen atoms in total. The molecule has 0 bridgehead atoms. The van der Waals surface area contributed by atoms with Gasteiger partial charge in [0.2, 0.25) is 5.95 Å². The highest BCUT2D eigenvalue weighted by molar-refractivity contribution is 6.19. The minimum atomic E-state index is -1.30. The molecule has 0 saturated carbocycles. The number of aliphatic imine (C=N–C) groups is 2. The molecule has 3 aliphatic rings. The third kappa shape index (κ3) is 3.61. The second-order valence-corrected chi connectivity index (χ2v) is 8.48. The summed E-state index contributed by atoms with van der Waals surface area (Å²) in [5.74, 6) is -1.79. The fraction of sp³-hybridized carbons (Fsp3) is 0.111. The van der Waals surface area contributed by atoms with Crippen LogP contribution in [0.5, 0.6) is 0 Å². The maximum atomic E-state index is 15.1. The number of nitrogens with zero attached hydrogens (tertiary/aromatic N) is 5. The normalized spacial score (nSPS) is 21.5. The average Bonchev–Trinajstić information content (AvgIpc) is 3.10. The Labute approximate surface area is 207 Å². The van der Waals surface area contributed by atoms with E-state index in [1.54, 1.807) is 37.4 Å². The Morgan fingerprint density at radius 1 is 1.11 bits per heavy atom. The van der Waals surface area contributed by atoms with E-state index >= 15 is 4.39 Å². The van der Waals surface area contributed by atoms with Gasteiger partial charge < -0.3 is 5.32 Å². The zero-order valence-electron chi connectivity index (χ0n) is 20.1. The lowest BCUT2D eigenvalue weighted by Gasteiger charge is -2.36. The summed E-state index contributed by atoms with van der Waals surface area (Å²) >= 11 is 0. The molecule has 0 aliphatic carbocycles. The van der Waals surface area contributed by atoms with E-state index in [1.165, 1.54) is 28.5 Å². The Kier molecular flexibility index (Phi) is 4.99. The monoisotopic (exact) mass is 483 g/mol. The molecular weight excluding hydrogens is 462 g/mol. The summed E-state index contributed by atoms with van der Waals surface area (Å²) < 4.78 is 38.9. The van der Waals surface area contributed by atoms with Crippen molar-refractivity contribution in [3.63, 3.8) is 0 Å². The van der Waals surface area contributed by atoms with Crippen LogP contribution in [-0.4, -0.2) is 39.0 Å². The van der Waals surface area contributed by atoms with Crippen LogP contribution in [0.25, 0.3) is 0 Å². The smallest absolute Gasteiger partial charge is 0.266 e. The molecule has 2 aromatic carbocycles. The Balaban J connectivity index is 1.57. The topological polar surface area (TPSA) is 73.2 Å². The number of hydrogen-bond acceptors (Lipinski definition) is 6. The predicted octanol–water partition coefficient (Wildman–Crippen LogP) is 4.50. The molecule has 3 aromatic rings. The summed E-state index contributed by atoms with van der Waals surface area (Å²) in [6.45, 7) is 1.76. The molecule has 3 aliphatic heterocycles. The Morgan fingerprint density at radius 3 is 2.78 bits per heavy atom. The summed E-state index contributed by atoms with van der Waals surface area (Å²) in [7, 11) is 0. The first-order valence-electron chi connectivity index (χ1n) is 11.8. The first-order chi connectivity index (χ1) is 17.9. The number of aryl methyl sites for hydroxylation is 1. The largest absolute Gasteiger partial charge is 0.320 e. The van der Waals surface area contributed by atoms with Crippen LogP contribution in [0.2, 0.25) is 0 Å². The van der Waals surface area contributed by atoms with Crippen molar-refractivity contribution in [3.8, 4) is 0 Å². The number of fused-ring (bicyclic) bond motifs is 2. The number of aromatic nitrogens is 1. The van der Waals surface area contributed by atoms with Gasteiger partial charge in [0, 0.05) is 35.3 Å². The summed E-state index contributed by atoms with van der Waals surface area (Å²) in [5.41, 5.74) is 2.25. The fourth-order valence-corrected chi connectivity index (χ4v) is 4.50. The van der Waals surface area contributed by atoms with Gasteiger partial charge in [-0.2, -0.15) is 9.40 Å². The zero-order chi connectivity index (χ0) is 25.7. The van der Waals surface area contributed by atoms with E-state index in [1.807, 2.05) is 30.3 Å². The number of hydrazine groups is 1. The summed E-state index contributed by atoms with van der Waals surface area (Å²) in [6, 6.07) is 14.1. The molecular formula is C27H20F2N6O. The first kappa shape index (κ1) is 20.8. The lowest BCUT2D eigenvalue weighted by Crippen LogP contribution is -2.49. The zero-order valence-corrected chi connectivity index (χ0v) is 19.1. The standard InChI is InChI=1S/C27H20F2N6O/c1-16-13-19(25(29)31-15-16)21-14-22-30-11-6-12-34(22)35(21)26-27(36)33-24-18(9-5-10-20(24)28)23(32-26)17-7-3-2-4-8-17/h2-15,21,26H,1H3,(H,33,36)/t21?,26-/m0/s1/i14D. The fourth-order valence-electron chi connectivity index (χ4n) is 4.50. The molecule has 9 heteroatoms. The van der Waals surface area contributed by atoms with Crippen molar-refractivity contribution < 1.29 is 14.9 Å². The summed E-state index contributed by atoms with van der Waals surface area (Å²) in [6.07, 6.45) is 4.87. The molecule has 0 spiro atoms. The van der Waals surface area contributed by atoms with Crippen LogP contribution >= 0.6 is 0 Å². The van der Waals surface area contributed by atoms with Crippen molar-refractivity contribution >= 4 is 23.5 Å².